The summed E-state index contributed by atoms with van der Waals surface area (Å²) >= 11 is 0. The molecule has 0 fully saturated rings. The molecule has 1 aromatic heterocycles. The van der Waals surface area contributed by atoms with E-state index in [0.29, 0.717) is 0 Å². The van der Waals surface area contributed by atoms with Gasteiger partial charge >= 0.3 is 6.18 Å². The third-order valence-electron chi connectivity index (χ3n) is 1.58. The zero-order valence-corrected chi connectivity index (χ0v) is 7.82. The smallest absolute Gasteiger partial charge is 0.425 e. The minimum Gasteiger partial charge on any atom is -0.465 e. The average molecular weight is 222 g/mol. The molecule has 0 aliphatic heterocycles. The van der Waals surface area contributed by atoms with E-state index in [2.05, 4.69) is 14.7 Å². The molecule has 0 aliphatic carbocycles. The number of aliphatic hydroxyl groups excluding tert-OH is 1. The summed E-state index contributed by atoms with van der Waals surface area (Å²) in [4.78, 5) is 7.17. The maximum Gasteiger partial charge on any atom is 0.425 e. The van der Waals surface area contributed by atoms with Crippen LogP contribution in [0.1, 0.15) is 12.7 Å². The van der Waals surface area contributed by atoms with Gasteiger partial charge in [0.05, 0.1) is 0 Å². The van der Waals surface area contributed by atoms with Crippen LogP contribution in [0.15, 0.2) is 12.3 Å². The zero-order valence-electron chi connectivity index (χ0n) is 7.82. The highest BCUT2D eigenvalue weighted by Crippen LogP contribution is 2.23. The Morgan fingerprint density at radius 2 is 2.20 bits per heavy atom. The fourth-order valence-electron chi connectivity index (χ4n) is 0.770. The second-order valence-corrected chi connectivity index (χ2v) is 2.77. The average Bonchev–Trinajstić information content (AvgIpc) is 2.16. The molecular weight excluding hydrogens is 213 g/mol. The van der Waals surface area contributed by atoms with Crippen molar-refractivity contribution in [1.29, 1.82) is 0 Å². The summed E-state index contributed by atoms with van der Waals surface area (Å²) in [6.07, 6.45) is -5.17. The molecule has 0 saturated carbocycles. The summed E-state index contributed by atoms with van der Waals surface area (Å²) in [5.41, 5.74) is 0. The molecule has 0 spiro atoms. The summed E-state index contributed by atoms with van der Waals surface area (Å²) in [7, 11) is 0. The normalized spacial score (nSPS) is 13.7. The van der Waals surface area contributed by atoms with E-state index in [9.17, 15) is 13.2 Å². The van der Waals surface area contributed by atoms with E-state index >= 15 is 0 Å². The van der Waals surface area contributed by atoms with Gasteiger partial charge in [-0.3, -0.25) is 0 Å². The van der Waals surface area contributed by atoms with E-state index < -0.39 is 18.9 Å². The second kappa shape index (κ2) is 4.43. The Labute approximate surface area is 83.7 Å². The number of alkyl halides is 3. The zero-order chi connectivity index (χ0) is 11.5. The third-order valence-corrected chi connectivity index (χ3v) is 1.58. The van der Waals surface area contributed by atoms with Gasteiger partial charge in [0, 0.05) is 12.3 Å². The molecule has 1 N–H and O–H groups in total. The van der Waals surface area contributed by atoms with Crippen molar-refractivity contribution in [1.82, 2.24) is 9.97 Å². The van der Waals surface area contributed by atoms with Gasteiger partial charge in [-0.25, -0.2) is 4.98 Å². The van der Waals surface area contributed by atoms with Crippen LogP contribution in [-0.4, -0.2) is 27.4 Å². The number of ether oxygens (including phenoxy) is 1. The lowest BCUT2D eigenvalue weighted by atomic mass is 10.4. The quantitative estimate of drug-likeness (QED) is 0.837. The molecule has 0 radical (unpaired) electrons. The van der Waals surface area contributed by atoms with Crippen LogP contribution in [0.2, 0.25) is 0 Å². The Balaban J connectivity index is 2.72. The lowest BCUT2D eigenvalue weighted by Crippen LogP contribution is -2.31. The van der Waals surface area contributed by atoms with Crippen LogP contribution < -0.4 is 4.74 Å². The Morgan fingerprint density at radius 1 is 1.53 bits per heavy atom. The molecule has 1 aromatic rings. The van der Waals surface area contributed by atoms with Gasteiger partial charge in [0.1, 0.15) is 6.61 Å². The number of nitrogens with zero attached hydrogens (tertiary/aromatic N) is 2. The summed E-state index contributed by atoms with van der Waals surface area (Å²) < 4.78 is 40.8. The molecule has 0 aromatic carbocycles. The molecule has 1 heterocycles. The van der Waals surface area contributed by atoms with Crippen LogP contribution in [0.5, 0.6) is 5.88 Å². The molecule has 7 heteroatoms. The van der Waals surface area contributed by atoms with Gasteiger partial charge in [-0.1, -0.05) is 0 Å². The fourth-order valence-corrected chi connectivity index (χ4v) is 0.770. The number of rotatable bonds is 3. The van der Waals surface area contributed by atoms with Crippen LogP contribution in [-0.2, 0) is 6.61 Å². The molecule has 0 saturated heterocycles. The first-order valence-corrected chi connectivity index (χ1v) is 4.09. The van der Waals surface area contributed by atoms with Crippen molar-refractivity contribution in [3.8, 4) is 5.88 Å². The predicted octanol–water partition coefficient (Wildman–Crippen LogP) is 1.30. The maximum atomic E-state index is 12.1. The second-order valence-electron chi connectivity index (χ2n) is 2.77. The molecule has 4 nitrogen and oxygen atoms in total. The lowest BCUT2D eigenvalue weighted by molar-refractivity contribution is -0.190. The van der Waals surface area contributed by atoms with Crippen molar-refractivity contribution in [3.63, 3.8) is 0 Å². The highest BCUT2D eigenvalue weighted by atomic mass is 19.4. The first kappa shape index (κ1) is 11.7. The third kappa shape index (κ3) is 3.35. The van der Waals surface area contributed by atoms with Gasteiger partial charge in [-0.05, 0) is 6.92 Å². The van der Waals surface area contributed by atoms with E-state index in [1.54, 1.807) is 0 Å². The first-order chi connectivity index (χ1) is 6.93. The maximum absolute atomic E-state index is 12.1. The van der Waals surface area contributed by atoms with Crippen LogP contribution in [0.3, 0.4) is 0 Å². The molecule has 1 atom stereocenters. The lowest BCUT2D eigenvalue weighted by Gasteiger charge is -2.16. The Hall–Kier alpha value is -1.37. The first-order valence-electron chi connectivity index (χ1n) is 4.09. The van der Waals surface area contributed by atoms with Crippen molar-refractivity contribution in [2.24, 2.45) is 0 Å². The van der Waals surface area contributed by atoms with Crippen molar-refractivity contribution in [2.45, 2.75) is 25.8 Å². The molecular formula is C8H9F3N2O2. The number of halogens is 3. The van der Waals surface area contributed by atoms with Gasteiger partial charge in [0.15, 0.2) is 11.9 Å². The van der Waals surface area contributed by atoms with Crippen LogP contribution in [0, 0.1) is 0 Å². The van der Waals surface area contributed by atoms with E-state index in [-0.39, 0.29) is 11.7 Å². The highest BCUT2D eigenvalue weighted by Gasteiger charge is 2.38. The summed E-state index contributed by atoms with van der Waals surface area (Å²) in [6, 6.07) is 1.20. The highest BCUT2D eigenvalue weighted by molar-refractivity contribution is 5.08. The van der Waals surface area contributed by atoms with Crippen LogP contribution in [0.25, 0.3) is 0 Å². The van der Waals surface area contributed by atoms with Crippen molar-refractivity contribution < 1.29 is 23.0 Å². The molecule has 1 unspecified atom stereocenters. The Bertz CT molecular complexity index is 330. The number of hydrogen-bond acceptors (Lipinski definition) is 4. The van der Waals surface area contributed by atoms with Gasteiger partial charge in [-0.15, -0.1) is 0 Å². The van der Waals surface area contributed by atoms with Gasteiger partial charge < -0.3 is 9.84 Å². The summed E-state index contributed by atoms with van der Waals surface area (Å²) in [5, 5.41) is 8.65. The molecule has 1 rings (SSSR count). The molecule has 0 amide bonds. The van der Waals surface area contributed by atoms with Gasteiger partial charge in [-0.2, -0.15) is 18.2 Å². The Morgan fingerprint density at radius 3 is 2.73 bits per heavy atom. The van der Waals surface area contributed by atoms with Crippen LogP contribution >= 0.6 is 0 Å². The van der Waals surface area contributed by atoms with Gasteiger partial charge in [0.2, 0.25) is 5.88 Å². The molecule has 15 heavy (non-hydrogen) atoms. The van der Waals surface area contributed by atoms with E-state index in [4.69, 9.17) is 5.11 Å². The van der Waals surface area contributed by atoms with Crippen molar-refractivity contribution in [2.75, 3.05) is 0 Å². The standard InChI is InChI=1S/C8H9F3N2O2/c1-5(8(9,10)11)15-7-2-3-12-6(4-14)13-7/h2-3,5,14H,4H2,1H3. The minimum absolute atomic E-state index is 0.0156. The van der Waals surface area contributed by atoms with Gasteiger partial charge in [0.25, 0.3) is 0 Å². The topological polar surface area (TPSA) is 55.2 Å². The number of hydrogen-bond donors (Lipinski definition) is 1. The van der Waals surface area contributed by atoms with E-state index in [1.165, 1.54) is 12.3 Å². The SMILES string of the molecule is CC(Oc1ccnc(CO)n1)C(F)(F)F. The molecule has 0 bridgehead atoms. The minimum atomic E-state index is -4.44. The van der Waals surface area contributed by atoms with E-state index in [1.807, 2.05) is 0 Å². The van der Waals surface area contributed by atoms with E-state index in [0.717, 1.165) is 6.92 Å². The molecule has 0 aliphatic rings. The number of aliphatic hydroxyl groups is 1. The fraction of sp³-hybridized carbons (Fsp3) is 0.500. The predicted molar refractivity (Wildman–Crippen MR) is 44.1 cm³/mol. The Kier molecular flexibility index (Phi) is 3.46. The van der Waals surface area contributed by atoms with Crippen molar-refractivity contribution >= 4 is 0 Å². The summed E-state index contributed by atoms with van der Waals surface area (Å²) in [6.45, 7) is 0.429. The van der Waals surface area contributed by atoms with Crippen LogP contribution in [0.4, 0.5) is 13.2 Å². The number of aromatic nitrogens is 2. The largest absolute Gasteiger partial charge is 0.465 e. The monoisotopic (exact) mass is 222 g/mol. The summed E-state index contributed by atoms with van der Waals surface area (Å²) in [5.74, 6) is -0.194. The molecule has 84 valence electrons. The van der Waals surface area contributed by atoms with Crippen molar-refractivity contribution in [3.05, 3.63) is 18.1 Å².